The van der Waals surface area contributed by atoms with Gasteiger partial charge in [0.2, 0.25) is 5.95 Å². The molecule has 186 valence electrons. The average molecular weight is 487 g/mol. The first-order valence-corrected chi connectivity index (χ1v) is 12.5. The summed E-state index contributed by atoms with van der Waals surface area (Å²) < 4.78 is 7.89. The molecule has 9 heteroatoms. The van der Waals surface area contributed by atoms with Crippen molar-refractivity contribution in [3.63, 3.8) is 0 Å². The van der Waals surface area contributed by atoms with Gasteiger partial charge in [0.15, 0.2) is 17.0 Å². The summed E-state index contributed by atoms with van der Waals surface area (Å²) >= 11 is 0. The number of nitrogens with zero attached hydrogens (tertiary/aromatic N) is 4. The first-order valence-electron chi connectivity index (χ1n) is 11.9. The second kappa shape index (κ2) is 10.4. The summed E-state index contributed by atoms with van der Waals surface area (Å²) in [5.41, 5.74) is 3.36. The number of esters is 1. The van der Waals surface area contributed by atoms with E-state index in [2.05, 4.69) is 61.4 Å². The summed E-state index contributed by atoms with van der Waals surface area (Å²) in [6, 6.07) is 0.0953. The third-order valence-electron chi connectivity index (χ3n) is 6.53. The maximum atomic E-state index is 12.3. The predicted octanol–water partition coefficient (Wildman–Crippen LogP) is 5.18. The molecule has 8 nitrogen and oxygen atoms in total. The van der Waals surface area contributed by atoms with Gasteiger partial charge in [-0.15, -0.1) is 15.8 Å². The number of carbonyl (C=O) groups excluding carboxylic acids is 1. The smallest absolute Gasteiger partial charge is 0.306 e. The van der Waals surface area contributed by atoms with E-state index >= 15 is 0 Å². The molecule has 3 unspecified atom stereocenters. The molecule has 0 spiro atoms. The summed E-state index contributed by atoms with van der Waals surface area (Å²) in [5.74, 6) is 1.77. The maximum absolute atomic E-state index is 12.3. The van der Waals surface area contributed by atoms with Gasteiger partial charge in [0.05, 0.1) is 12.9 Å². The van der Waals surface area contributed by atoms with E-state index in [1.54, 1.807) is 0 Å². The Hall–Kier alpha value is -2.47. The highest BCUT2D eigenvalue weighted by Crippen LogP contribution is 2.55. The largest absolute Gasteiger partial charge is 0.465 e. The van der Waals surface area contributed by atoms with Crippen molar-refractivity contribution < 1.29 is 9.53 Å². The molecular formula is C25H39N6O2P. The molecule has 0 radical (unpaired) electrons. The monoisotopic (exact) mass is 486 g/mol. The predicted molar refractivity (Wildman–Crippen MR) is 142 cm³/mol. The Kier molecular flexibility index (Phi) is 8.02. The molecule has 2 N–H and O–H groups in total. The number of carbonyl (C=O) groups is 1. The molecule has 0 bridgehead atoms. The average Bonchev–Trinajstić information content (AvgIpc) is 3.23. The highest BCUT2D eigenvalue weighted by molar-refractivity contribution is 7.19. The standard InChI is InChI=1S/C25H39N6O2P/c1-14(2)9-18-17(12-33-20(32)10-15(3)4)11-19(25(18,7)34)31-13-27-21-22(26-8)29-24(28-16(5)6)30-23(21)31/h13,15,17-19H,1,5,9-12,34H2,2-4,6-8H3,(H2,26,28,29,30)/t17?,18-,19?,25-/m1/s1. The van der Waals surface area contributed by atoms with Crippen LogP contribution in [0, 0.1) is 17.8 Å². The van der Waals surface area contributed by atoms with Crippen molar-refractivity contribution in [3.05, 3.63) is 30.8 Å². The summed E-state index contributed by atoms with van der Waals surface area (Å²) in [5, 5.41) is 6.08. The Labute approximate surface area is 205 Å². The van der Waals surface area contributed by atoms with Crippen LogP contribution in [0.1, 0.15) is 59.9 Å². The summed E-state index contributed by atoms with van der Waals surface area (Å²) in [6.45, 7) is 18.7. The molecule has 1 fully saturated rings. The van der Waals surface area contributed by atoms with Crippen molar-refractivity contribution in [1.82, 2.24) is 19.5 Å². The molecule has 5 atom stereocenters. The number of nitrogens with one attached hydrogen (secondary N) is 2. The van der Waals surface area contributed by atoms with E-state index in [1.807, 2.05) is 34.1 Å². The third kappa shape index (κ3) is 5.60. The third-order valence-corrected chi connectivity index (χ3v) is 7.35. The number of anilines is 2. The number of imidazole rings is 1. The quantitative estimate of drug-likeness (QED) is 0.271. The Morgan fingerprint density at radius 3 is 2.65 bits per heavy atom. The molecule has 0 amide bonds. The molecule has 2 aromatic heterocycles. The molecule has 3 rings (SSSR count). The molecular weight excluding hydrogens is 447 g/mol. The lowest BCUT2D eigenvalue weighted by Gasteiger charge is -2.35. The minimum atomic E-state index is -0.172. The van der Waals surface area contributed by atoms with Gasteiger partial charge >= 0.3 is 5.97 Å². The Morgan fingerprint density at radius 2 is 2.06 bits per heavy atom. The molecule has 1 saturated carbocycles. The van der Waals surface area contributed by atoms with Crippen LogP contribution in [0.5, 0.6) is 0 Å². The topological polar surface area (TPSA) is 94.0 Å². The first kappa shape index (κ1) is 26.1. The van der Waals surface area contributed by atoms with E-state index < -0.39 is 0 Å². The summed E-state index contributed by atoms with van der Waals surface area (Å²) in [7, 11) is 4.91. The fourth-order valence-electron chi connectivity index (χ4n) is 4.98. The fourth-order valence-corrected chi connectivity index (χ4v) is 5.66. The van der Waals surface area contributed by atoms with Crippen LogP contribution < -0.4 is 10.6 Å². The Morgan fingerprint density at radius 1 is 1.35 bits per heavy atom. The highest BCUT2D eigenvalue weighted by atomic mass is 31.0. The number of hydrogen-bond acceptors (Lipinski definition) is 7. The van der Waals surface area contributed by atoms with Crippen LogP contribution >= 0.6 is 9.24 Å². The van der Waals surface area contributed by atoms with E-state index in [0.717, 1.165) is 35.3 Å². The zero-order chi connectivity index (χ0) is 25.2. The zero-order valence-electron chi connectivity index (χ0n) is 21.3. The van der Waals surface area contributed by atoms with Crippen molar-refractivity contribution in [2.75, 3.05) is 24.3 Å². The summed E-state index contributed by atoms with van der Waals surface area (Å²) in [6.07, 6.45) is 4.01. The number of hydrogen-bond donors (Lipinski definition) is 2. The molecule has 0 aliphatic heterocycles. The van der Waals surface area contributed by atoms with E-state index in [9.17, 15) is 4.79 Å². The van der Waals surface area contributed by atoms with E-state index in [1.165, 1.54) is 0 Å². The minimum Gasteiger partial charge on any atom is -0.465 e. The van der Waals surface area contributed by atoms with Gasteiger partial charge in [0.1, 0.15) is 0 Å². The number of aromatic nitrogens is 4. The summed E-state index contributed by atoms with van der Waals surface area (Å²) in [4.78, 5) is 26.2. The molecule has 1 aliphatic rings. The van der Waals surface area contributed by atoms with Crippen molar-refractivity contribution in [1.29, 1.82) is 0 Å². The lowest BCUT2D eigenvalue weighted by atomic mass is 9.84. The number of allylic oxidation sites excluding steroid dienone is 2. The Bertz CT molecular complexity index is 1080. The van der Waals surface area contributed by atoms with Gasteiger partial charge < -0.3 is 19.9 Å². The van der Waals surface area contributed by atoms with Gasteiger partial charge in [-0.05, 0) is 44.4 Å². The van der Waals surface area contributed by atoms with Crippen LogP contribution in [0.2, 0.25) is 0 Å². The molecule has 0 aromatic carbocycles. The van der Waals surface area contributed by atoms with Gasteiger partial charge in [-0.3, -0.25) is 4.79 Å². The van der Waals surface area contributed by atoms with Crippen molar-refractivity contribution >= 4 is 38.1 Å². The second-order valence-corrected chi connectivity index (χ2v) is 11.5. The van der Waals surface area contributed by atoms with Crippen LogP contribution in [-0.4, -0.2) is 44.3 Å². The minimum absolute atomic E-state index is 0.0953. The van der Waals surface area contributed by atoms with Crippen molar-refractivity contribution in [2.45, 2.75) is 65.1 Å². The SMILES string of the molecule is C=C(C)C[C@@H]1C(COC(=O)CC(C)C)CC(n2cnc3c(NC)nc(NC(=C)C)nc32)[C@]1(C)P. The van der Waals surface area contributed by atoms with E-state index in [-0.39, 0.29) is 34.9 Å². The van der Waals surface area contributed by atoms with E-state index in [4.69, 9.17) is 9.72 Å². The van der Waals surface area contributed by atoms with Gasteiger partial charge in [0, 0.05) is 30.4 Å². The zero-order valence-corrected chi connectivity index (χ0v) is 22.5. The Balaban J connectivity index is 1.98. The number of ether oxygens (including phenoxy) is 1. The van der Waals surface area contributed by atoms with Crippen LogP contribution in [0.25, 0.3) is 11.2 Å². The number of rotatable bonds is 10. The fraction of sp³-hybridized carbons (Fsp3) is 0.600. The van der Waals surface area contributed by atoms with Crippen molar-refractivity contribution in [2.24, 2.45) is 17.8 Å². The molecule has 0 saturated heterocycles. The van der Waals surface area contributed by atoms with Crippen LogP contribution in [0.15, 0.2) is 30.8 Å². The van der Waals surface area contributed by atoms with Crippen LogP contribution in [0.4, 0.5) is 11.8 Å². The second-order valence-electron chi connectivity index (χ2n) is 10.3. The van der Waals surface area contributed by atoms with Gasteiger partial charge in [-0.1, -0.05) is 32.9 Å². The first-order chi connectivity index (χ1) is 15.9. The molecule has 2 aromatic rings. The van der Waals surface area contributed by atoms with Gasteiger partial charge in [-0.25, -0.2) is 4.98 Å². The molecule has 1 aliphatic carbocycles. The maximum Gasteiger partial charge on any atom is 0.306 e. The molecule has 34 heavy (non-hydrogen) atoms. The lowest BCUT2D eigenvalue weighted by Crippen LogP contribution is -2.33. The van der Waals surface area contributed by atoms with Crippen LogP contribution in [0.3, 0.4) is 0 Å². The van der Waals surface area contributed by atoms with Crippen LogP contribution in [-0.2, 0) is 9.53 Å². The van der Waals surface area contributed by atoms with E-state index in [0.29, 0.717) is 24.8 Å². The highest BCUT2D eigenvalue weighted by Gasteiger charge is 2.50. The van der Waals surface area contributed by atoms with Gasteiger partial charge in [-0.2, -0.15) is 9.97 Å². The van der Waals surface area contributed by atoms with Gasteiger partial charge in [0.25, 0.3) is 0 Å². The molecule has 2 heterocycles. The number of fused-ring (bicyclic) bond motifs is 1. The lowest BCUT2D eigenvalue weighted by molar-refractivity contribution is -0.146. The normalized spacial score (nSPS) is 24.4. The van der Waals surface area contributed by atoms with Crippen molar-refractivity contribution in [3.8, 4) is 0 Å².